The van der Waals surface area contributed by atoms with Crippen LogP contribution in [-0.4, -0.2) is 74.0 Å². The fraction of sp³-hybridized carbons (Fsp3) is 0.533. The molecule has 2 N–H and O–H groups in total. The van der Waals surface area contributed by atoms with Crippen molar-refractivity contribution in [1.29, 1.82) is 0 Å². The van der Waals surface area contributed by atoms with Gasteiger partial charge in [0.05, 0.1) is 27.0 Å². The molecule has 38 heavy (non-hydrogen) atoms. The van der Waals surface area contributed by atoms with E-state index in [0.29, 0.717) is 5.56 Å². The molecular formula is C30H44N4O4. The monoisotopic (exact) mass is 524 g/mol. The van der Waals surface area contributed by atoms with Gasteiger partial charge in [0.15, 0.2) is 0 Å². The number of hydrogen-bond donors (Lipinski definition) is 2. The summed E-state index contributed by atoms with van der Waals surface area (Å²) >= 11 is 0. The fourth-order valence-electron chi connectivity index (χ4n) is 4.52. The number of carbonyl (C=O) groups excluding carboxylic acids is 1. The number of rotatable bonds is 8. The summed E-state index contributed by atoms with van der Waals surface area (Å²) in [5.41, 5.74) is 5.98. The van der Waals surface area contributed by atoms with Crippen LogP contribution in [0.1, 0.15) is 63.8 Å². The Morgan fingerprint density at radius 3 is 2.21 bits per heavy atom. The van der Waals surface area contributed by atoms with Crippen molar-refractivity contribution in [3.8, 4) is 17.2 Å². The third-order valence-corrected chi connectivity index (χ3v) is 6.92. The smallest absolute Gasteiger partial charge is 0.254 e. The van der Waals surface area contributed by atoms with Crippen molar-refractivity contribution in [3.05, 3.63) is 52.6 Å². The normalized spacial score (nSPS) is 15.6. The SMILES string of the molecule is COc1ccc(OC)c(CN2CCN(CC(=O)NN=Cc3cc(C(C)(C)C)cc(C(C)(C)C)c3O)CC2)c1. The van der Waals surface area contributed by atoms with Crippen LogP contribution in [0.3, 0.4) is 0 Å². The van der Waals surface area contributed by atoms with E-state index in [1.807, 2.05) is 24.3 Å². The number of carbonyl (C=O) groups is 1. The van der Waals surface area contributed by atoms with Gasteiger partial charge in [-0.1, -0.05) is 47.6 Å². The van der Waals surface area contributed by atoms with Gasteiger partial charge in [-0.2, -0.15) is 5.10 Å². The molecule has 1 aliphatic heterocycles. The summed E-state index contributed by atoms with van der Waals surface area (Å²) < 4.78 is 10.9. The molecule has 1 amide bonds. The molecule has 3 rings (SSSR count). The number of aromatic hydroxyl groups is 1. The Kier molecular flexibility index (Phi) is 9.44. The molecule has 0 spiro atoms. The Bertz CT molecular complexity index is 1140. The van der Waals surface area contributed by atoms with Crippen LogP contribution in [0, 0.1) is 0 Å². The summed E-state index contributed by atoms with van der Waals surface area (Å²) in [4.78, 5) is 17.1. The van der Waals surface area contributed by atoms with Crippen LogP contribution < -0.4 is 14.9 Å². The average molecular weight is 525 g/mol. The van der Waals surface area contributed by atoms with Gasteiger partial charge in [-0.15, -0.1) is 0 Å². The van der Waals surface area contributed by atoms with Crippen LogP contribution in [0.2, 0.25) is 0 Å². The molecule has 1 heterocycles. The Morgan fingerprint density at radius 2 is 1.63 bits per heavy atom. The predicted molar refractivity (Wildman–Crippen MR) is 153 cm³/mol. The van der Waals surface area contributed by atoms with Gasteiger partial charge in [0.2, 0.25) is 0 Å². The Labute approximate surface area is 227 Å². The zero-order valence-electron chi connectivity index (χ0n) is 24.2. The van der Waals surface area contributed by atoms with Gasteiger partial charge in [0, 0.05) is 49.4 Å². The molecule has 8 nitrogen and oxygen atoms in total. The number of amides is 1. The Morgan fingerprint density at radius 1 is 0.974 bits per heavy atom. The number of piperazine rings is 1. The summed E-state index contributed by atoms with van der Waals surface area (Å²) in [7, 11) is 3.34. The summed E-state index contributed by atoms with van der Waals surface area (Å²) in [6, 6.07) is 9.84. The van der Waals surface area contributed by atoms with Gasteiger partial charge < -0.3 is 14.6 Å². The van der Waals surface area contributed by atoms with Crippen LogP contribution in [0.25, 0.3) is 0 Å². The van der Waals surface area contributed by atoms with Crippen molar-refractivity contribution in [2.45, 2.75) is 58.9 Å². The summed E-state index contributed by atoms with van der Waals surface area (Å²) in [6.07, 6.45) is 1.54. The van der Waals surface area contributed by atoms with E-state index in [1.165, 1.54) is 6.21 Å². The second kappa shape index (κ2) is 12.2. The van der Waals surface area contributed by atoms with Crippen LogP contribution in [0.4, 0.5) is 0 Å². The van der Waals surface area contributed by atoms with Crippen molar-refractivity contribution in [2.75, 3.05) is 46.9 Å². The van der Waals surface area contributed by atoms with Crippen molar-refractivity contribution in [1.82, 2.24) is 15.2 Å². The van der Waals surface area contributed by atoms with Gasteiger partial charge in [-0.25, -0.2) is 5.43 Å². The molecule has 0 saturated carbocycles. The lowest BCUT2D eigenvalue weighted by atomic mass is 9.79. The van der Waals surface area contributed by atoms with Gasteiger partial charge in [-0.05, 0) is 40.7 Å². The minimum Gasteiger partial charge on any atom is -0.507 e. The van der Waals surface area contributed by atoms with Crippen LogP contribution in [-0.2, 0) is 22.2 Å². The van der Waals surface area contributed by atoms with Crippen LogP contribution >= 0.6 is 0 Å². The number of phenolic OH excluding ortho intramolecular Hbond substituents is 1. The molecule has 0 aliphatic carbocycles. The number of benzene rings is 2. The quantitative estimate of drug-likeness (QED) is 0.396. The average Bonchev–Trinajstić information content (AvgIpc) is 2.84. The summed E-state index contributed by atoms with van der Waals surface area (Å²) in [5.74, 6) is 1.68. The van der Waals surface area contributed by atoms with Crippen molar-refractivity contribution in [2.24, 2.45) is 5.10 Å². The molecule has 0 radical (unpaired) electrons. The minimum atomic E-state index is -0.225. The van der Waals surface area contributed by atoms with Gasteiger partial charge >= 0.3 is 0 Å². The molecule has 8 heteroatoms. The fourth-order valence-corrected chi connectivity index (χ4v) is 4.52. The largest absolute Gasteiger partial charge is 0.507 e. The van der Waals surface area contributed by atoms with E-state index in [0.717, 1.165) is 60.9 Å². The zero-order chi connectivity index (χ0) is 28.1. The van der Waals surface area contributed by atoms with E-state index in [4.69, 9.17) is 9.47 Å². The number of hydrogen-bond acceptors (Lipinski definition) is 7. The second-order valence-electron chi connectivity index (χ2n) is 12.0. The second-order valence-corrected chi connectivity index (χ2v) is 12.0. The number of methoxy groups -OCH3 is 2. The molecule has 0 atom stereocenters. The van der Waals surface area contributed by atoms with E-state index in [-0.39, 0.29) is 29.0 Å². The number of nitrogens with one attached hydrogen (secondary N) is 1. The number of nitrogens with zero attached hydrogens (tertiary/aromatic N) is 3. The highest BCUT2D eigenvalue weighted by Gasteiger charge is 2.25. The standard InChI is InChI=1S/C30H44N4O4/c1-29(2,3)23-15-21(28(36)25(17-23)30(4,5)6)18-31-32-27(35)20-34-13-11-33(12-14-34)19-22-16-24(37-7)9-10-26(22)38-8/h9-10,15-18,36H,11-14,19-20H2,1-8H3,(H,32,35). The molecule has 208 valence electrons. The first-order chi connectivity index (χ1) is 17.8. The highest BCUT2D eigenvalue weighted by molar-refractivity contribution is 5.86. The highest BCUT2D eigenvalue weighted by Crippen LogP contribution is 2.37. The molecule has 0 aromatic heterocycles. The van der Waals surface area contributed by atoms with E-state index < -0.39 is 0 Å². The van der Waals surface area contributed by atoms with E-state index in [1.54, 1.807) is 14.2 Å². The van der Waals surface area contributed by atoms with E-state index >= 15 is 0 Å². The third kappa shape index (κ3) is 7.71. The lowest BCUT2D eigenvalue weighted by Gasteiger charge is -2.34. The molecule has 2 aromatic carbocycles. The van der Waals surface area contributed by atoms with Crippen LogP contribution in [0.5, 0.6) is 17.2 Å². The minimum absolute atomic E-state index is 0.0839. The van der Waals surface area contributed by atoms with Gasteiger partial charge in [0.25, 0.3) is 5.91 Å². The molecule has 0 unspecified atom stereocenters. The number of hydrazone groups is 1. The van der Waals surface area contributed by atoms with Gasteiger partial charge in [-0.3, -0.25) is 14.6 Å². The Balaban J connectivity index is 1.56. The third-order valence-electron chi connectivity index (χ3n) is 6.92. The van der Waals surface area contributed by atoms with Crippen LogP contribution in [0.15, 0.2) is 35.4 Å². The first kappa shape index (κ1) is 29.5. The molecule has 2 aromatic rings. The number of phenols is 1. The van der Waals surface area contributed by atoms with Crippen molar-refractivity contribution >= 4 is 12.1 Å². The first-order valence-electron chi connectivity index (χ1n) is 13.2. The molecule has 0 bridgehead atoms. The molecule has 1 saturated heterocycles. The zero-order valence-corrected chi connectivity index (χ0v) is 24.2. The number of ether oxygens (including phenoxy) is 2. The topological polar surface area (TPSA) is 86.6 Å². The predicted octanol–water partition coefficient (Wildman–Crippen LogP) is 4.27. The summed E-state index contributed by atoms with van der Waals surface area (Å²) in [5, 5.41) is 15.1. The van der Waals surface area contributed by atoms with E-state index in [9.17, 15) is 9.90 Å². The van der Waals surface area contributed by atoms with E-state index in [2.05, 4.69) is 67.9 Å². The maximum atomic E-state index is 12.6. The van der Waals surface area contributed by atoms with Crippen molar-refractivity contribution < 1.29 is 19.4 Å². The summed E-state index contributed by atoms with van der Waals surface area (Å²) in [6.45, 7) is 16.9. The molecule has 1 fully saturated rings. The van der Waals surface area contributed by atoms with Crippen molar-refractivity contribution in [3.63, 3.8) is 0 Å². The maximum absolute atomic E-state index is 12.6. The first-order valence-corrected chi connectivity index (χ1v) is 13.2. The molecular weight excluding hydrogens is 480 g/mol. The Hall–Kier alpha value is -3.10. The van der Waals surface area contributed by atoms with Gasteiger partial charge in [0.1, 0.15) is 17.2 Å². The lowest BCUT2D eigenvalue weighted by molar-refractivity contribution is -0.122. The highest BCUT2D eigenvalue weighted by atomic mass is 16.5. The lowest BCUT2D eigenvalue weighted by Crippen LogP contribution is -2.48. The molecule has 1 aliphatic rings. The maximum Gasteiger partial charge on any atom is 0.254 e.